The molecule has 0 spiro atoms. The highest BCUT2D eigenvalue weighted by atomic mass is 16.6. The number of amides is 2. The first-order valence-corrected chi connectivity index (χ1v) is 5.90. The van der Waals surface area contributed by atoms with E-state index in [1.165, 1.54) is 0 Å². The first-order valence-electron chi connectivity index (χ1n) is 5.90. The van der Waals surface area contributed by atoms with Gasteiger partial charge in [0.05, 0.1) is 6.61 Å². The molecule has 0 radical (unpaired) electrons. The molecule has 11 nitrogen and oxygen atoms in total. The summed E-state index contributed by atoms with van der Waals surface area (Å²) in [5.41, 5.74) is 3.40. The lowest BCUT2D eigenvalue weighted by Crippen LogP contribution is -2.51. The summed E-state index contributed by atoms with van der Waals surface area (Å²) in [6.07, 6.45) is -2.90. The van der Waals surface area contributed by atoms with Crippen molar-refractivity contribution in [3.63, 3.8) is 0 Å². The van der Waals surface area contributed by atoms with Crippen LogP contribution >= 0.6 is 0 Å². The third kappa shape index (κ3) is 2.67. The molecule has 1 aliphatic rings. The number of urea groups is 1. The minimum absolute atomic E-state index is 0.0164. The Kier molecular flexibility index (Phi) is 4.09. The second-order valence-electron chi connectivity index (χ2n) is 4.43. The van der Waals surface area contributed by atoms with Crippen molar-refractivity contribution in [3.8, 4) is 0 Å². The normalized spacial score (nSPS) is 28.5. The Morgan fingerprint density at radius 1 is 1.52 bits per heavy atom. The van der Waals surface area contributed by atoms with Crippen molar-refractivity contribution in [2.24, 2.45) is 5.73 Å². The zero-order valence-electron chi connectivity index (χ0n) is 10.6. The molecule has 21 heavy (non-hydrogen) atoms. The van der Waals surface area contributed by atoms with E-state index in [0.29, 0.717) is 0 Å². The van der Waals surface area contributed by atoms with Crippen molar-refractivity contribution in [1.82, 2.24) is 14.6 Å². The van der Waals surface area contributed by atoms with E-state index in [1.54, 1.807) is 0 Å². The summed E-state index contributed by atoms with van der Waals surface area (Å²) in [4.78, 5) is 35.8. The summed E-state index contributed by atoms with van der Waals surface area (Å²) in [5, 5.41) is 28.7. The number of rotatable bonds is 3. The number of hydroxylamine groups is 2. The van der Waals surface area contributed by atoms with Gasteiger partial charge in [-0.15, -0.1) is 0 Å². The van der Waals surface area contributed by atoms with Crippen LogP contribution in [0.3, 0.4) is 0 Å². The highest BCUT2D eigenvalue weighted by Crippen LogP contribution is 2.31. The van der Waals surface area contributed by atoms with E-state index in [2.05, 4.69) is 0 Å². The lowest BCUT2D eigenvalue weighted by atomic mass is 10.1. The van der Waals surface area contributed by atoms with E-state index in [-0.39, 0.29) is 5.06 Å². The lowest BCUT2D eigenvalue weighted by molar-refractivity contribution is -0.125. The first-order chi connectivity index (χ1) is 9.86. The van der Waals surface area contributed by atoms with Gasteiger partial charge in [0.15, 0.2) is 6.23 Å². The van der Waals surface area contributed by atoms with Gasteiger partial charge in [0.1, 0.15) is 18.2 Å². The van der Waals surface area contributed by atoms with Crippen LogP contribution in [-0.4, -0.2) is 60.9 Å². The number of aromatic nitrogens is 2. The van der Waals surface area contributed by atoms with Gasteiger partial charge in [0.25, 0.3) is 5.56 Å². The van der Waals surface area contributed by atoms with Crippen molar-refractivity contribution in [2.45, 2.75) is 24.5 Å². The van der Waals surface area contributed by atoms with Crippen LogP contribution in [0.15, 0.2) is 21.9 Å². The molecule has 6 N–H and O–H groups in total. The number of primary amides is 1. The number of aromatic amines is 1. The zero-order chi connectivity index (χ0) is 15.7. The van der Waals surface area contributed by atoms with Crippen LogP contribution in [-0.2, 0) is 4.74 Å². The number of aliphatic hydroxyl groups is 2. The summed E-state index contributed by atoms with van der Waals surface area (Å²) in [6, 6.07) is -1.68. The molecule has 11 heteroatoms. The molecular weight excluding hydrogens is 288 g/mol. The summed E-state index contributed by atoms with van der Waals surface area (Å²) in [6.45, 7) is -0.612. The van der Waals surface area contributed by atoms with Gasteiger partial charge in [-0.25, -0.2) is 9.59 Å². The number of H-pyrrole nitrogens is 1. The Balaban J connectivity index is 2.46. The van der Waals surface area contributed by atoms with Gasteiger partial charge in [-0.2, -0.15) is 5.06 Å². The fourth-order valence-corrected chi connectivity index (χ4v) is 2.15. The molecule has 2 rings (SSSR count). The van der Waals surface area contributed by atoms with E-state index in [4.69, 9.17) is 15.6 Å². The van der Waals surface area contributed by atoms with Crippen LogP contribution < -0.4 is 17.0 Å². The summed E-state index contributed by atoms with van der Waals surface area (Å²) < 4.78 is 6.10. The minimum Gasteiger partial charge on any atom is -0.394 e. The maximum atomic E-state index is 11.7. The third-order valence-corrected chi connectivity index (χ3v) is 3.15. The van der Waals surface area contributed by atoms with Gasteiger partial charge >= 0.3 is 11.7 Å². The highest BCUT2D eigenvalue weighted by Gasteiger charge is 2.49. The van der Waals surface area contributed by atoms with Gasteiger partial charge in [0, 0.05) is 12.3 Å². The highest BCUT2D eigenvalue weighted by molar-refractivity contribution is 5.71. The van der Waals surface area contributed by atoms with E-state index in [9.17, 15) is 24.7 Å². The number of ether oxygens (including phenoxy) is 1. The summed E-state index contributed by atoms with van der Waals surface area (Å²) in [7, 11) is 0. The molecule has 1 aliphatic heterocycles. The number of hydrogen-bond acceptors (Lipinski definition) is 7. The lowest BCUT2D eigenvalue weighted by Gasteiger charge is -2.27. The average molecular weight is 302 g/mol. The van der Waals surface area contributed by atoms with Crippen molar-refractivity contribution < 1.29 is 25.0 Å². The zero-order valence-corrected chi connectivity index (χ0v) is 10.6. The maximum Gasteiger partial charge on any atom is 0.339 e. The molecule has 1 aromatic rings. The fourth-order valence-electron chi connectivity index (χ4n) is 2.15. The quantitative estimate of drug-likeness (QED) is 0.291. The predicted molar refractivity (Wildman–Crippen MR) is 65.3 cm³/mol. The molecule has 4 atom stereocenters. The van der Waals surface area contributed by atoms with E-state index in [1.807, 2.05) is 4.98 Å². The molecule has 0 aromatic carbocycles. The number of nitrogens with zero attached hydrogens (tertiary/aromatic N) is 2. The smallest absolute Gasteiger partial charge is 0.339 e. The monoisotopic (exact) mass is 302 g/mol. The Morgan fingerprint density at radius 3 is 2.71 bits per heavy atom. The summed E-state index contributed by atoms with van der Waals surface area (Å²) >= 11 is 0. The Hall–Kier alpha value is -2.21. The standard InChI is InChI=1S/C10H14N4O7/c11-9(18)14(20)6-7(17)4(3-15)21-8(6)13-2-1-5(16)12-10(13)19/h1-2,4,6-8,15,17,20H,3H2,(H2,11,18)(H,12,16,19)/t4-,6-,7-,8-/m1/s1. The molecule has 1 aromatic heterocycles. The van der Waals surface area contributed by atoms with Crippen molar-refractivity contribution in [3.05, 3.63) is 33.1 Å². The van der Waals surface area contributed by atoms with Crippen LogP contribution in [0.1, 0.15) is 6.23 Å². The largest absolute Gasteiger partial charge is 0.394 e. The molecular formula is C10H14N4O7. The number of carbonyl (C=O) groups excluding carboxylic acids is 1. The van der Waals surface area contributed by atoms with Crippen molar-refractivity contribution >= 4 is 6.03 Å². The van der Waals surface area contributed by atoms with Crippen LogP contribution in [0, 0.1) is 0 Å². The molecule has 0 saturated carbocycles. The number of aliphatic hydroxyl groups excluding tert-OH is 2. The number of carbonyl (C=O) groups is 1. The molecule has 116 valence electrons. The van der Waals surface area contributed by atoms with Crippen LogP contribution in [0.4, 0.5) is 4.79 Å². The molecule has 1 saturated heterocycles. The molecule has 2 amide bonds. The van der Waals surface area contributed by atoms with E-state index >= 15 is 0 Å². The van der Waals surface area contributed by atoms with Crippen LogP contribution in [0.5, 0.6) is 0 Å². The van der Waals surface area contributed by atoms with Crippen LogP contribution in [0.2, 0.25) is 0 Å². The van der Waals surface area contributed by atoms with Gasteiger partial charge in [-0.1, -0.05) is 0 Å². The predicted octanol–water partition coefficient (Wildman–Crippen LogP) is -3.07. The van der Waals surface area contributed by atoms with Gasteiger partial charge in [-0.3, -0.25) is 19.6 Å². The Labute approximate surface area is 116 Å². The van der Waals surface area contributed by atoms with E-state index < -0.39 is 48.4 Å². The Bertz CT molecular complexity index is 641. The molecule has 2 heterocycles. The van der Waals surface area contributed by atoms with Gasteiger partial charge in [0.2, 0.25) is 0 Å². The summed E-state index contributed by atoms with van der Waals surface area (Å²) in [5.74, 6) is 0. The fraction of sp³-hybridized carbons (Fsp3) is 0.500. The van der Waals surface area contributed by atoms with Gasteiger partial charge in [-0.05, 0) is 0 Å². The second kappa shape index (κ2) is 5.65. The number of nitrogens with two attached hydrogens (primary N) is 1. The topological polar surface area (TPSA) is 171 Å². The average Bonchev–Trinajstić information content (AvgIpc) is 2.74. The first kappa shape index (κ1) is 15.2. The third-order valence-electron chi connectivity index (χ3n) is 3.15. The number of hydrogen-bond donors (Lipinski definition) is 5. The Morgan fingerprint density at radius 2 is 2.19 bits per heavy atom. The molecule has 0 bridgehead atoms. The number of nitrogens with one attached hydrogen (secondary N) is 1. The molecule has 0 aliphatic carbocycles. The van der Waals surface area contributed by atoms with Crippen LogP contribution in [0.25, 0.3) is 0 Å². The van der Waals surface area contributed by atoms with Gasteiger partial charge < -0.3 is 20.7 Å². The van der Waals surface area contributed by atoms with E-state index in [0.717, 1.165) is 16.8 Å². The second-order valence-corrected chi connectivity index (χ2v) is 4.43. The van der Waals surface area contributed by atoms with Crippen molar-refractivity contribution in [2.75, 3.05) is 6.61 Å². The SMILES string of the molecule is NC(=O)N(O)[C@@H]1[C@H](O)[C@@H](CO)O[C@H]1n1ccc(=O)[nH]c1=O. The molecule has 1 fully saturated rings. The van der Waals surface area contributed by atoms with Crippen molar-refractivity contribution in [1.29, 1.82) is 0 Å². The molecule has 0 unspecified atom stereocenters. The maximum absolute atomic E-state index is 11.7. The minimum atomic E-state index is -1.49.